The SMILES string of the molecule is CC(C)c1cccc(C(C)C)c1NC(=O)NCC1(c2cn(-c3ccccc3)c3ccccc23)CCCC1. The third-order valence-corrected chi connectivity index (χ3v) is 8.08. The third kappa shape index (κ3) is 4.90. The van der Waals surface area contributed by atoms with Crippen LogP contribution in [0.3, 0.4) is 0 Å². The highest BCUT2D eigenvalue weighted by atomic mass is 16.2. The van der Waals surface area contributed by atoms with E-state index in [0.29, 0.717) is 18.4 Å². The predicted octanol–water partition coefficient (Wildman–Crippen LogP) is 8.51. The predicted molar refractivity (Wildman–Crippen MR) is 155 cm³/mol. The minimum Gasteiger partial charge on any atom is -0.337 e. The molecule has 4 nitrogen and oxygen atoms in total. The van der Waals surface area contributed by atoms with Crippen molar-refractivity contribution in [2.45, 2.75) is 70.6 Å². The second kappa shape index (κ2) is 10.5. The number of fused-ring (bicyclic) bond motifs is 1. The summed E-state index contributed by atoms with van der Waals surface area (Å²) in [5.74, 6) is 0.665. The van der Waals surface area contributed by atoms with Crippen molar-refractivity contribution < 1.29 is 4.79 Å². The van der Waals surface area contributed by atoms with Gasteiger partial charge in [-0.3, -0.25) is 0 Å². The number of carbonyl (C=O) groups excluding carboxylic acids is 1. The van der Waals surface area contributed by atoms with Gasteiger partial charge in [-0.2, -0.15) is 0 Å². The highest BCUT2D eigenvalue weighted by Crippen LogP contribution is 2.44. The average molecular weight is 494 g/mol. The number of nitrogens with one attached hydrogen (secondary N) is 2. The molecule has 1 aromatic heterocycles. The summed E-state index contributed by atoms with van der Waals surface area (Å²) < 4.78 is 2.30. The first-order valence-corrected chi connectivity index (χ1v) is 13.7. The second-order valence-electron chi connectivity index (χ2n) is 11.2. The standard InChI is InChI=1S/C33H39N3O/c1-23(2)26-16-12-17-27(24(3)4)31(26)35-32(37)34-22-33(19-10-11-20-33)29-21-36(25-13-6-5-7-14-25)30-18-9-8-15-28(29)30/h5-9,12-18,21,23-24H,10-11,19-20,22H2,1-4H3,(H2,34,35,37). The van der Waals surface area contributed by atoms with E-state index in [0.717, 1.165) is 24.2 Å². The van der Waals surface area contributed by atoms with Crippen LogP contribution < -0.4 is 10.6 Å². The van der Waals surface area contributed by atoms with Gasteiger partial charge in [-0.15, -0.1) is 0 Å². The molecule has 192 valence electrons. The Morgan fingerprint density at radius 2 is 1.46 bits per heavy atom. The molecular formula is C33H39N3O. The summed E-state index contributed by atoms with van der Waals surface area (Å²) in [5, 5.41) is 7.83. The Hall–Kier alpha value is -3.53. The minimum absolute atomic E-state index is 0.0740. The van der Waals surface area contributed by atoms with E-state index >= 15 is 0 Å². The van der Waals surface area contributed by atoms with Gasteiger partial charge in [0.25, 0.3) is 0 Å². The fraction of sp³-hybridized carbons (Fsp3) is 0.364. The molecule has 4 heteroatoms. The Morgan fingerprint density at radius 1 is 0.838 bits per heavy atom. The largest absolute Gasteiger partial charge is 0.337 e. The zero-order chi connectivity index (χ0) is 26.0. The summed E-state index contributed by atoms with van der Waals surface area (Å²) in [6.07, 6.45) is 6.84. The molecule has 0 unspecified atom stereocenters. The number of nitrogens with zero attached hydrogens (tertiary/aromatic N) is 1. The van der Waals surface area contributed by atoms with Crippen LogP contribution in [0, 0.1) is 0 Å². The van der Waals surface area contributed by atoms with Crippen LogP contribution >= 0.6 is 0 Å². The molecule has 1 fully saturated rings. The Kier molecular flexibility index (Phi) is 7.10. The Morgan fingerprint density at radius 3 is 2.11 bits per heavy atom. The molecule has 37 heavy (non-hydrogen) atoms. The van der Waals surface area contributed by atoms with Crippen molar-refractivity contribution in [1.29, 1.82) is 0 Å². The number of rotatable bonds is 7. The smallest absolute Gasteiger partial charge is 0.319 e. The normalized spacial score (nSPS) is 15.0. The number of anilines is 1. The van der Waals surface area contributed by atoms with Crippen molar-refractivity contribution >= 4 is 22.6 Å². The lowest BCUT2D eigenvalue weighted by atomic mass is 9.78. The summed E-state index contributed by atoms with van der Waals surface area (Å²) in [7, 11) is 0. The average Bonchev–Trinajstić information content (AvgIpc) is 3.54. The van der Waals surface area contributed by atoms with Crippen LogP contribution in [0.2, 0.25) is 0 Å². The van der Waals surface area contributed by atoms with Crippen LogP contribution in [0.25, 0.3) is 16.6 Å². The van der Waals surface area contributed by atoms with Crippen molar-refractivity contribution in [2.24, 2.45) is 0 Å². The van der Waals surface area contributed by atoms with E-state index < -0.39 is 0 Å². The van der Waals surface area contributed by atoms with Gasteiger partial charge in [0.15, 0.2) is 0 Å². The summed E-state index contributed by atoms with van der Waals surface area (Å²) in [6, 6.07) is 25.4. The Labute approximate surface area is 221 Å². The lowest BCUT2D eigenvalue weighted by Crippen LogP contribution is -2.41. The van der Waals surface area contributed by atoms with Gasteiger partial charge in [0.1, 0.15) is 0 Å². The molecule has 1 heterocycles. The first-order chi connectivity index (χ1) is 17.9. The van der Waals surface area contributed by atoms with E-state index in [4.69, 9.17) is 0 Å². The number of hydrogen-bond donors (Lipinski definition) is 2. The summed E-state index contributed by atoms with van der Waals surface area (Å²) in [4.78, 5) is 13.4. The maximum Gasteiger partial charge on any atom is 0.319 e. The lowest BCUT2D eigenvalue weighted by Gasteiger charge is -2.30. The highest BCUT2D eigenvalue weighted by molar-refractivity contribution is 5.92. The summed E-state index contributed by atoms with van der Waals surface area (Å²) in [6.45, 7) is 9.34. The van der Waals surface area contributed by atoms with E-state index in [1.165, 1.54) is 40.4 Å². The highest BCUT2D eigenvalue weighted by Gasteiger charge is 2.38. The molecule has 0 bridgehead atoms. The van der Waals surface area contributed by atoms with Crippen molar-refractivity contribution in [3.63, 3.8) is 0 Å². The van der Waals surface area contributed by atoms with Gasteiger partial charge in [-0.05, 0) is 59.6 Å². The number of carbonyl (C=O) groups is 1. The second-order valence-corrected chi connectivity index (χ2v) is 11.2. The Balaban J connectivity index is 1.45. The van der Waals surface area contributed by atoms with Crippen LogP contribution in [0.15, 0.2) is 79.0 Å². The number of hydrogen-bond acceptors (Lipinski definition) is 1. The van der Waals surface area contributed by atoms with E-state index in [1.54, 1.807) is 0 Å². The molecule has 0 saturated heterocycles. The van der Waals surface area contributed by atoms with Gasteiger partial charge in [-0.25, -0.2) is 4.79 Å². The van der Waals surface area contributed by atoms with Crippen molar-refractivity contribution in [3.8, 4) is 5.69 Å². The van der Waals surface area contributed by atoms with Crippen LogP contribution in [0.5, 0.6) is 0 Å². The zero-order valence-electron chi connectivity index (χ0n) is 22.6. The van der Waals surface area contributed by atoms with E-state index in [2.05, 4.69) is 122 Å². The third-order valence-electron chi connectivity index (χ3n) is 8.08. The molecule has 2 N–H and O–H groups in total. The number of urea groups is 1. The van der Waals surface area contributed by atoms with Crippen molar-refractivity contribution in [3.05, 3.63) is 95.7 Å². The number of para-hydroxylation sites is 3. The molecule has 4 aromatic rings. The quantitative estimate of drug-likeness (QED) is 0.266. The van der Waals surface area contributed by atoms with Gasteiger partial charge >= 0.3 is 6.03 Å². The fourth-order valence-electron chi connectivity index (χ4n) is 6.10. The zero-order valence-corrected chi connectivity index (χ0v) is 22.6. The van der Waals surface area contributed by atoms with Crippen LogP contribution in [0.1, 0.15) is 81.9 Å². The fourth-order valence-corrected chi connectivity index (χ4v) is 6.10. The topological polar surface area (TPSA) is 46.1 Å². The molecule has 5 rings (SSSR count). The molecule has 1 aliphatic carbocycles. The molecule has 3 aromatic carbocycles. The molecule has 1 saturated carbocycles. The maximum atomic E-state index is 13.4. The molecule has 0 radical (unpaired) electrons. The molecule has 1 aliphatic rings. The van der Waals surface area contributed by atoms with Gasteiger partial charge in [0, 0.05) is 34.9 Å². The number of benzene rings is 3. The molecule has 0 spiro atoms. The van der Waals surface area contributed by atoms with Gasteiger partial charge in [-0.1, -0.05) is 95.1 Å². The van der Waals surface area contributed by atoms with Crippen LogP contribution in [0.4, 0.5) is 10.5 Å². The Bertz CT molecular complexity index is 1350. The molecule has 2 amide bonds. The van der Waals surface area contributed by atoms with Crippen LogP contribution in [-0.4, -0.2) is 17.1 Å². The maximum absolute atomic E-state index is 13.4. The van der Waals surface area contributed by atoms with Gasteiger partial charge in [0.2, 0.25) is 0 Å². The van der Waals surface area contributed by atoms with E-state index in [-0.39, 0.29) is 11.4 Å². The van der Waals surface area contributed by atoms with E-state index in [9.17, 15) is 4.79 Å². The van der Waals surface area contributed by atoms with Crippen LogP contribution in [-0.2, 0) is 5.41 Å². The van der Waals surface area contributed by atoms with Crippen molar-refractivity contribution in [2.75, 3.05) is 11.9 Å². The first kappa shape index (κ1) is 25.1. The number of aromatic nitrogens is 1. The first-order valence-electron chi connectivity index (χ1n) is 13.7. The summed E-state index contributed by atoms with van der Waals surface area (Å²) >= 11 is 0. The monoisotopic (exact) mass is 493 g/mol. The minimum atomic E-state index is -0.118. The van der Waals surface area contributed by atoms with Crippen molar-refractivity contribution in [1.82, 2.24) is 9.88 Å². The lowest BCUT2D eigenvalue weighted by molar-refractivity contribution is 0.248. The molecular weight excluding hydrogens is 454 g/mol. The van der Waals surface area contributed by atoms with Gasteiger partial charge < -0.3 is 15.2 Å². The molecule has 0 atom stereocenters. The van der Waals surface area contributed by atoms with E-state index in [1.807, 2.05) is 0 Å². The molecule has 0 aliphatic heterocycles. The summed E-state index contributed by atoms with van der Waals surface area (Å²) in [5.41, 5.74) is 6.98. The van der Waals surface area contributed by atoms with Gasteiger partial charge in [0.05, 0.1) is 5.52 Å². The number of amides is 2.